The van der Waals surface area contributed by atoms with Gasteiger partial charge in [0.2, 0.25) is 5.91 Å². The van der Waals surface area contributed by atoms with Crippen LogP contribution in [-0.4, -0.2) is 25.2 Å². The van der Waals surface area contributed by atoms with Gasteiger partial charge in [-0.3, -0.25) is 4.79 Å². The number of ether oxygens (including phenoxy) is 1. The molecule has 1 atom stereocenters. The maximum atomic E-state index is 11.7. The van der Waals surface area contributed by atoms with Gasteiger partial charge in [0.15, 0.2) is 0 Å². The van der Waals surface area contributed by atoms with Crippen LogP contribution < -0.4 is 5.32 Å². The van der Waals surface area contributed by atoms with Crippen LogP contribution in [0.15, 0.2) is 0 Å². The zero-order chi connectivity index (χ0) is 19.3. The van der Waals surface area contributed by atoms with E-state index in [1.807, 2.05) is 13.8 Å². The summed E-state index contributed by atoms with van der Waals surface area (Å²) in [5.74, 6) is 0.172. The normalized spacial score (nSPS) is 12.3. The molecule has 26 heavy (non-hydrogen) atoms. The van der Waals surface area contributed by atoms with Crippen molar-refractivity contribution in [1.82, 2.24) is 5.32 Å². The molecule has 0 aliphatic heterocycles. The van der Waals surface area contributed by atoms with Crippen molar-refractivity contribution in [3.63, 3.8) is 0 Å². The Morgan fingerprint density at radius 3 is 1.58 bits per heavy atom. The first kappa shape index (κ1) is 25.4. The number of rotatable bonds is 20. The maximum Gasteiger partial charge on any atom is 0.220 e. The van der Waals surface area contributed by atoms with Crippen LogP contribution in [-0.2, 0) is 9.53 Å². The number of carbonyl (C=O) groups is 1. The summed E-state index contributed by atoms with van der Waals surface area (Å²) in [6, 6.07) is 0. The molecule has 0 aromatic carbocycles. The van der Waals surface area contributed by atoms with Gasteiger partial charge in [0.05, 0.1) is 6.10 Å². The zero-order valence-electron chi connectivity index (χ0n) is 18.1. The Kier molecular flexibility index (Phi) is 20.3. The van der Waals surface area contributed by atoms with Gasteiger partial charge in [-0.05, 0) is 20.3 Å². The zero-order valence-corrected chi connectivity index (χ0v) is 18.1. The Morgan fingerprint density at radius 1 is 0.731 bits per heavy atom. The molecule has 0 fully saturated rings. The molecule has 1 N–H and O–H groups in total. The monoisotopic (exact) mass is 369 g/mol. The number of unbranched alkanes of at least 4 members (excludes halogenated alkanes) is 14. The molecule has 3 heteroatoms. The molecule has 3 nitrogen and oxygen atoms in total. The van der Waals surface area contributed by atoms with Gasteiger partial charge in [0.1, 0.15) is 0 Å². The maximum absolute atomic E-state index is 11.7. The van der Waals surface area contributed by atoms with E-state index in [4.69, 9.17) is 4.74 Å². The number of hydrogen-bond donors (Lipinski definition) is 1. The Balaban J connectivity index is 3.16. The van der Waals surface area contributed by atoms with E-state index in [2.05, 4.69) is 12.2 Å². The fraction of sp³-hybridized carbons (Fsp3) is 0.957. The van der Waals surface area contributed by atoms with Crippen LogP contribution in [0.25, 0.3) is 0 Å². The van der Waals surface area contributed by atoms with Crippen molar-refractivity contribution in [2.24, 2.45) is 0 Å². The standard InChI is InChI=1S/C23H47NO2/c1-4-6-7-8-9-10-11-12-13-14-15-16-17-18-19-20-23(25)24-21-22(3)26-5-2/h22H,4-21H2,1-3H3,(H,24,25). The topological polar surface area (TPSA) is 38.3 Å². The lowest BCUT2D eigenvalue weighted by atomic mass is 10.0. The van der Waals surface area contributed by atoms with Gasteiger partial charge < -0.3 is 10.1 Å². The SMILES string of the molecule is CCCCCCCCCCCCCCCCCC(=O)NCC(C)OCC. The van der Waals surface area contributed by atoms with Gasteiger partial charge >= 0.3 is 0 Å². The molecule has 1 unspecified atom stereocenters. The minimum Gasteiger partial charge on any atom is -0.377 e. The molecule has 0 heterocycles. The van der Waals surface area contributed by atoms with Crippen molar-refractivity contribution in [2.45, 2.75) is 130 Å². The van der Waals surface area contributed by atoms with Gasteiger partial charge in [-0.2, -0.15) is 0 Å². The van der Waals surface area contributed by atoms with E-state index in [9.17, 15) is 4.79 Å². The largest absolute Gasteiger partial charge is 0.377 e. The van der Waals surface area contributed by atoms with E-state index < -0.39 is 0 Å². The summed E-state index contributed by atoms with van der Waals surface area (Å²) in [4.78, 5) is 11.7. The number of carbonyl (C=O) groups excluding carboxylic acids is 1. The highest BCUT2D eigenvalue weighted by Gasteiger charge is 2.04. The fourth-order valence-electron chi connectivity index (χ4n) is 3.35. The van der Waals surface area contributed by atoms with Gasteiger partial charge in [0.25, 0.3) is 0 Å². The van der Waals surface area contributed by atoms with E-state index in [-0.39, 0.29) is 12.0 Å². The lowest BCUT2D eigenvalue weighted by molar-refractivity contribution is -0.121. The van der Waals surface area contributed by atoms with E-state index in [1.54, 1.807) is 0 Å². The van der Waals surface area contributed by atoms with E-state index in [0.29, 0.717) is 19.6 Å². The number of nitrogens with one attached hydrogen (secondary N) is 1. The van der Waals surface area contributed by atoms with Crippen LogP contribution in [0.4, 0.5) is 0 Å². The van der Waals surface area contributed by atoms with Gasteiger partial charge in [0, 0.05) is 19.6 Å². The molecule has 0 saturated carbocycles. The molecular formula is C23H47NO2. The molecule has 0 spiro atoms. The van der Waals surface area contributed by atoms with E-state index in [1.165, 1.54) is 89.9 Å². The Labute approximate surface area is 164 Å². The summed E-state index contributed by atoms with van der Waals surface area (Å²) in [7, 11) is 0. The van der Waals surface area contributed by atoms with Crippen molar-refractivity contribution in [3.05, 3.63) is 0 Å². The highest BCUT2D eigenvalue weighted by atomic mass is 16.5. The summed E-state index contributed by atoms with van der Waals surface area (Å²) < 4.78 is 5.41. The molecule has 0 bridgehead atoms. The second-order valence-electron chi connectivity index (χ2n) is 7.77. The third-order valence-electron chi connectivity index (χ3n) is 5.05. The third-order valence-corrected chi connectivity index (χ3v) is 5.05. The summed E-state index contributed by atoms with van der Waals surface area (Å²) in [5.41, 5.74) is 0. The van der Waals surface area contributed by atoms with Crippen molar-refractivity contribution in [2.75, 3.05) is 13.2 Å². The highest BCUT2D eigenvalue weighted by Crippen LogP contribution is 2.13. The predicted molar refractivity (Wildman–Crippen MR) is 114 cm³/mol. The fourth-order valence-corrected chi connectivity index (χ4v) is 3.35. The van der Waals surface area contributed by atoms with Crippen LogP contribution in [0.1, 0.15) is 124 Å². The third kappa shape index (κ3) is 19.8. The molecule has 0 aromatic heterocycles. The minimum absolute atomic E-state index is 0.116. The Hall–Kier alpha value is -0.570. The van der Waals surface area contributed by atoms with Crippen molar-refractivity contribution in [3.8, 4) is 0 Å². The van der Waals surface area contributed by atoms with Crippen LogP contribution >= 0.6 is 0 Å². The average molecular weight is 370 g/mol. The molecule has 0 aliphatic rings. The molecule has 0 aromatic rings. The van der Waals surface area contributed by atoms with Crippen molar-refractivity contribution in [1.29, 1.82) is 0 Å². The quantitative estimate of drug-likeness (QED) is 0.240. The lowest BCUT2D eigenvalue weighted by Gasteiger charge is -2.12. The molecule has 0 aliphatic carbocycles. The smallest absolute Gasteiger partial charge is 0.220 e. The van der Waals surface area contributed by atoms with Crippen molar-refractivity contribution >= 4 is 5.91 Å². The van der Waals surface area contributed by atoms with E-state index >= 15 is 0 Å². The first-order chi connectivity index (χ1) is 12.7. The van der Waals surface area contributed by atoms with Crippen molar-refractivity contribution < 1.29 is 9.53 Å². The van der Waals surface area contributed by atoms with Crippen LogP contribution in [0, 0.1) is 0 Å². The second-order valence-corrected chi connectivity index (χ2v) is 7.77. The molecule has 0 rings (SSSR count). The first-order valence-electron chi connectivity index (χ1n) is 11.6. The predicted octanol–water partition coefficient (Wildman–Crippen LogP) is 6.79. The average Bonchev–Trinajstić information content (AvgIpc) is 2.63. The summed E-state index contributed by atoms with van der Waals surface area (Å²) in [6.45, 7) is 7.59. The van der Waals surface area contributed by atoms with Crippen LogP contribution in [0.5, 0.6) is 0 Å². The van der Waals surface area contributed by atoms with E-state index in [0.717, 1.165) is 6.42 Å². The van der Waals surface area contributed by atoms with Gasteiger partial charge in [-0.1, -0.05) is 96.8 Å². The number of hydrogen-bond acceptors (Lipinski definition) is 2. The summed E-state index contributed by atoms with van der Waals surface area (Å²) in [6.07, 6.45) is 21.2. The molecule has 0 radical (unpaired) electrons. The Bertz CT molecular complexity index is 294. The van der Waals surface area contributed by atoms with Gasteiger partial charge in [-0.15, -0.1) is 0 Å². The molecule has 156 valence electrons. The van der Waals surface area contributed by atoms with Crippen LogP contribution in [0.2, 0.25) is 0 Å². The minimum atomic E-state index is 0.116. The lowest BCUT2D eigenvalue weighted by Crippen LogP contribution is -2.31. The summed E-state index contributed by atoms with van der Waals surface area (Å²) in [5, 5.41) is 2.95. The molecular weight excluding hydrogens is 322 g/mol. The van der Waals surface area contributed by atoms with Crippen LogP contribution in [0.3, 0.4) is 0 Å². The summed E-state index contributed by atoms with van der Waals surface area (Å²) >= 11 is 0. The molecule has 0 saturated heterocycles. The first-order valence-corrected chi connectivity index (χ1v) is 11.6. The van der Waals surface area contributed by atoms with Gasteiger partial charge in [-0.25, -0.2) is 0 Å². The highest BCUT2D eigenvalue weighted by molar-refractivity contribution is 5.75. The number of amides is 1. The second kappa shape index (κ2) is 20.7. The Morgan fingerprint density at radius 2 is 1.15 bits per heavy atom. The molecule has 1 amide bonds.